The molecule has 392 valence electrons. The van der Waals surface area contributed by atoms with Crippen molar-refractivity contribution in [1.82, 2.24) is 0 Å². The molecule has 0 spiro atoms. The van der Waals surface area contributed by atoms with Crippen molar-refractivity contribution >= 4 is 17.9 Å². The van der Waals surface area contributed by atoms with Gasteiger partial charge >= 0.3 is 17.9 Å². The van der Waals surface area contributed by atoms with Crippen LogP contribution in [-0.2, 0) is 28.6 Å². The number of carbonyl (C=O) groups is 3. The van der Waals surface area contributed by atoms with Crippen LogP contribution in [0, 0.1) is 0 Å². The van der Waals surface area contributed by atoms with E-state index in [4.69, 9.17) is 14.2 Å². The Balaban J connectivity index is 4.27. The lowest BCUT2D eigenvalue weighted by atomic mass is 10.0. The molecule has 1 atom stereocenters. The number of ether oxygens (including phenoxy) is 3. The van der Waals surface area contributed by atoms with Gasteiger partial charge in [0.2, 0.25) is 0 Å². The summed E-state index contributed by atoms with van der Waals surface area (Å²) in [5.41, 5.74) is 0. The Bertz CT molecular complexity index is 1270. The number of unbranched alkanes of at least 4 members (excludes halogenated alkanes) is 29. The first-order chi connectivity index (χ1) is 33.5. The largest absolute Gasteiger partial charge is 0.462 e. The van der Waals surface area contributed by atoms with Gasteiger partial charge in [0.05, 0.1) is 0 Å². The fraction of sp³-hybridized carbons (Fsp3) is 0.758. The highest BCUT2D eigenvalue weighted by Gasteiger charge is 2.19. The summed E-state index contributed by atoms with van der Waals surface area (Å²) in [6.07, 6.45) is 71.8. The summed E-state index contributed by atoms with van der Waals surface area (Å²) in [6, 6.07) is 0. The molecule has 0 aliphatic heterocycles. The van der Waals surface area contributed by atoms with Gasteiger partial charge in [-0.3, -0.25) is 14.4 Å². The summed E-state index contributed by atoms with van der Waals surface area (Å²) in [4.78, 5) is 38.0. The first-order valence-corrected chi connectivity index (χ1v) is 28.9. The zero-order chi connectivity index (χ0) is 49.3. The maximum absolute atomic E-state index is 12.8. The molecule has 0 saturated heterocycles. The molecule has 0 aromatic carbocycles. The predicted molar refractivity (Wildman–Crippen MR) is 293 cm³/mol. The number of allylic oxidation sites excluding steroid dienone is 12. The van der Waals surface area contributed by atoms with Crippen molar-refractivity contribution in [2.24, 2.45) is 0 Å². The second kappa shape index (κ2) is 56.4. The minimum Gasteiger partial charge on any atom is -0.462 e. The molecule has 0 rings (SSSR count). The second-order valence-corrected chi connectivity index (χ2v) is 19.2. The maximum atomic E-state index is 12.8. The van der Waals surface area contributed by atoms with E-state index in [9.17, 15) is 14.4 Å². The molecule has 68 heavy (non-hydrogen) atoms. The predicted octanol–water partition coefficient (Wildman–Crippen LogP) is 19.4. The van der Waals surface area contributed by atoms with Gasteiger partial charge in [-0.1, -0.05) is 267 Å². The third-order valence-electron chi connectivity index (χ3n) is 12.5. The first-order valence-electron chi connectivity index (χ1n) is 28.9. The van der Waals surface area contributed by atoms with E-state index in [1.54, 1.807) is 0 Å². The third-order valence-corrected chi connectivity index (χ3v) is 12.5. The average Bonchev–Trinajstić information content (AvgIpc) is 3.34. The van der Waals surface area contributed by atoms with Gasteiger partial charge in [-0.15, -0.1) is 0 Å². The van der Waals surface area contributed by atoms with Crippen molar-refractivity contribution in [3.63, 3.8) is 0 Å². The van der Waals surface area contributed by atoms with Crippen LogP contribution in [0.2, 0.25) is 0 Å². The zero-order valence-corrected chi connectivity index (χ0v) is 44.9. The van der Waals surface area contributed by atoms with Gasteiger partial charge in [-0.25, -0.2) is 0 Å². The van der Waals surface area contributed by atoms with Gasteiger partial charge in [0.1, 0.15) is 13.2 Å². The monoisotopic (exact) mass is 949 g/mol. The van der Waals surface area contributed by atoms with Crippen molar-refractivity contribution in [2.75, 3.05) is 13.2 Å². The van der Waals surface area contributed by atoms with Crippen LogP contribution in [0.3, 0.4) is 0 Å². The number of hydrogen-bond acceptors (Lipinski definition) is 6. The van der Waals surface area contributed by atoms with Gasteiger partial charge in [-0.05, 0) is 70.6 Å². The van der Waals surface area contributed by atoms with E-state index in [0.29, 0.717) is 19.3 Å². The Morgan fingerprint density at radius 1 is 0.309 bits per heavy atom. The molecule has 6 nitrogen and oxygen atoms in total. The van der Waals surface area contributed by atoms with E-state index in [2.05, 4.69) is 93.7 Å². The highest BCUT2D eigenvalue weighted by Crippen LogP contribution is 2.16. The molecule has 1 unspecified atom stereocenters. The quantitative estimate of drug-likeness (QED) is 0.0262. The third kappa shape index (κ3) is 53.8. The molecular formula is C62H108O6. The molecule has 0 aromatic rings. The topological polar surface area (TPSA) is 78.9 Å². The number of esters is 3. The van der Waals surface area contributed by atoms with E-state index in [1.165, 1.54) is 141 Å². The van der Waals surface area contributed by atoms with E-state index in [1.807, 2.05) is 0 Å². The average molecular weight is 950 g/mol. The summed E-state index contributed by atoms with van der Waals surface area (Å²) in [5, 5.41) is 0. The summed E-state index contributed by atoms with van der Waals surface area (Å²) < 4.78 is 16.8. The lowest BCUT2D eigenvalue weighted by molar-refractivity contribution is -0.167. The van der Waals surface area contributed by atoms with Crippen LogP contribution in [0.1, 0.15) is 284 Å². The van der Waals surface area contributed by atoms with Crippen molar-refractivity contribution < 1.29 is 28.6 Å². The number of rotatable bonds is 52. The normalized spacial score (nSPS) is 12.6. The fourth-order valence-corrected chi connectivity index (χ4v) is 8.15. The summed E-state index contributed by atoms with van der Waals surface area (Å²) in [5.74, 6) is -0.884. The van der Waals surface area contributed by atoms with Crippen LogP contribution in [-0.4, -0.2) is 37.2 Å². The van der Waals surface area contributed by atoms with E-state index < -0.39 is 6.10 Å². The zero-order valence-electron chi connectivity index (χ0n) is 44.9. The lowest BCUT2D eigenvalue weighted by Crippen LogP contribution is -2.30. The molecule has 0 aromatic heterocycles. The Labute approximate surface area is 421 Å². The van der Waals surface area contributed by atoms with Crippen molar-refractivity contribution in [3.05, 3.63) is 72.9 Å². The second-order valence-electron chi connectivity index (χ2n) is 19.2. The molecule has 6 heteroatoms. The smallest absolute Gasteiger partial charge is 0.306 e. The van der Waals surface area contributed by atoms with Crippen LogP contribution in [0.5, 0.6) is 0 Å². The van der Waals surface area contributed by atoms with Gasteiger partial charge in [-0.2, -0.15) is 0 Å². The standard InChI is InChI=1S/C62H108O6/c1-4-7-10-13-16-19-21-23-25-27-28-29-30-31-32-33-34-35-37-38-40-43-46-49-52-55-61(64)67-58-59(57-66-60(63)54-51-48-45-42-18-15-12-9-6-3)68-62(65)56-53-50-47-44-41-39-36-26-24-22-20-17-14-11-8-5-2/h7,10,16,19,23,25,28-29,31-32,34-35,59H,4-6,8-9,11-15,17-18,20-22,24,26-27,30,33,36-58H2,1-3H3/b10-7-,19-16-,25-23-,29-28-,32-31-,35-34-. The number of carbonyl (C=O) groups excluding carboxylic acids is 3. The van der Waals surface area contributed by atoms with Crippen LogP contribution in [0.25, 0.3) is 0 Å². The van der Waals surface area contributed by atoms with Crippen LogP contribution < -0.4 is 0 Å². The minimum absolute atomic E-state index is 0.0766. The molecule has 0 N–H and O–H groups in total. The minimum atomic E-state index is -0.777. The SMILES string of the molecule is CC/C=C\C/C=C\C/C=C\C/C=C\C/C=C\C/C=C\CCCCCCCCC(=O)OCC(COC(=O)CCCCCCCCCCC)OC(=O)CCCCCCCCCCCCCCCCCC. The molecule has 0 amide bonds. The molecule has 0 aliphatic rings. The van der Waals surface area contributed by atoms with Crippen LogP contribution in [0.15, 0.2) is 72.9 Å². The summed E-state index contributed by atoms with van der Waals surface area (Å²) in [7, 11) is 0. The van der Waals surface area contributed by atoms with Crippen LogP contribution in [0.4, 0.5) is 0 Å². The summed E-state index contributed by atoms with van der Waals surface area (Å²) >= 11 is 0. The maximum Gasteiger partial charge on any atom is 0.306 e. The van der Waals surface area contributed by atoms with E-state index >= 15 is 0 Å². The van der Waals surface area contributed by atoms with Gasteiger partial charge in [0, 0.05) is 19.3 Å². The Hall–Kier alpha value is -3.15. The molecular weight excluding hydrogens is 841 g/mol. The molecule has 0 aliphatic carbocycles. The van der Waals surface area contributed by atoms with Crippen molar-refractivity contribution in [2.45, 2.75) is 290 Å². The van der Waals surface area contributed by atoms with Gasteiger partial charge < -0.3 is 14.2 Å². The van der Waals surface area contributed by atoms with Crippen LogP contribution >= 0.6 is 0 Å². The molecule has 0 heterocycles. The van der Waals surface area contributed by atoms with Gasteiger partial charge in [0.15, 0.2) is 6.10 Å². The number of hydrogen-bond donors (Lipinski definition) is 0. The highest BCUT2D eigenvalue weighted by molar-refractivity contribution is 5.71. The summed E-state index contributed by atoms with van der Waals surface area (Å²) in [6.45, 7) is 6.52. The van der Waals surface area contributed by atoms with Crippen molar-refractivity contribution in [1.29, 1.82) is 0 Å². The molecule has 0 saturated carbocycles. The van der Waals surface area contributed by atoms with E-state index in [-0.39, 0.29) is 31.1 Å². The Morgan fingerprint density at radius 3 is 0.897 bits per heavy atom. The highest BCUT2D eigenvalue weighted by atomic mass is 16.6. The Morgan fingerprint density at radius 2 is 0.574 bits per heavy atom. The molecule has 0 fully saturated rings. The lowest BCUT2D eigenvalue weighted by Gasteiger charge is -2.18. The Kier molecular flexibility index (Phi) is 53.8. The fourth-order valence-electron chi connectivity index (χ4n) is 8.15. The molecule has 0 radical (unpaired) electrons. The molecule has 0 bridgehead atoms. The first kappa shape index (κ1) is 64.8. The van der Waals surface area contributed by atoms with Gasteiger partial charge in [0.25, 0.3) is 0 Å². The van der Waals surface area contributed by atoms with E-state index in [0.717, 1.165) is 103 Å². The van der Waals surface area contributed by atoms with Crippen molar-refractivity contribution in [3.8, 4) is 0 Å².